The first kappa shape index (κ1) is 28.8. The Balaban J connectivity index is 1.22. The lowest BCUT2D eigenvalue weighted by Gasteiger charge is -2.35. The molecule has 3 aliphatic rings. The maximum atomic E-state index is 13.4. The van der Waals surface area contributed by atoms with Gasteiger partial charge in [-0.2, -0.15) is 18.4 Å². The van der Waals surface area contributed by atoms with Crippen molar-refractivity contribution >= 4 is 23.4 Å². The van der Waals surface area contributed by atoms with Gasteiger partial charge in [-0.3, -0.25) is 19.3 Å². The minimum absolute atomic E-state index is 0.188. The normalized spacial score (nSPS) is 19.4. The number of imide groups is 1. The highest BCUT2D eigenvalue weighted by Gasteiger charge is 2.39. The van der Waals surface area contributed by atoms with Gasteiger partial charge < -0.3 is 4.90 Å². The molecular formula is C29H35F3N4O3. The molecule has 1 saturated heterocycles. The summed E-state index contributed by atoms with van der Waals surface area (Å²) in [6.07, 6.45) is 3.55. The molecule has 39 heavy (non-hydrogen) atoms. The predicted molar refractivity (Wildman–Crippen MR) is 139 cm³/mol. The Morgan fingerprint density at radius 3 is 2.36 bits per heavy atom. The number of carbonyl (C=O) groups is 3. The fourth-order valence-electron chi connectivity index (χ4n) is 5.84. The van der Waals surface area contributed by atoms with Crippen LogP contribution in [0.25, 0.3) is 0 Å². The summed E-state index contributed by atoms with van der Waals surface area (Å²) in [5, 5.41) is 9.01. The Kier molecular flexibility index (Phi) is 9.11. The summed E-state index contributed by atoms with van der Waals surface area (Å²) in [5.41, 5.74) is -1.35. The Bertz CT molecular complexity index is 1170. The third-order valence-corrected chi connectivity index (χ3v) is 8.19. The molecule has 0 unspecified atom stereocenters. The van der Waals surface area contributed by atoms with E-state index in [1.54, 1.807) is 0 Å². The highest BCUT2D eigenvalue weighted by Crippen LogP contribution is 2.37. The van der Waals surface area contributed by atoms with Crippen molar-refractivity contribution in [1.29, 1.82) is 5.26 Å². The maximum Gasteiger partial charge on any atom is 0.417 e. The number of alkyl halides is 3. The summed E-state index contributed by atoms with van der Waals surface area (Å²) < 4.78 is 40.1. The Morgan fingerprint density at radius 2 is 1.72 bits per heavy atom. The molecule has 1 aliphatic carbocycles. The smallest absolute Gasteiger partial charge is 0.340 e. The molecule has 0 spiro atoms. The van der Waals surface area contributed by atoms with E-state index in [1.807, 2.05) is 4.90 Å². The molecule has 1 aromatic rings. The van der Waals surface area contributed by atoms with Gasteiger partial charge in [-0.1, -0.05) is 19.3 Å². The largest absolute Gasteiger partial charge is 0.417 e. The molecule has 2 heterocycles. The molecule has 7 nitrogen and oxygen atoms in total. The third kappa shape index (κ3) is 6.70. The lowest BCUT2D eigenvalue weighted by Crippen LogP contribution is -2.49. The van der Waals surface area contributed by atoms with Crippen molar-refractivity contribution in [3.05, 3.63) is 40.5 Å². The fraction of sp³-hybridized carbons (Fsp3) is 0.586. The van der Waals surface area contributed by atoms with Crippen LogP contribution in [0.1, 0.15) is 75.8 Å². The molecule has 10 heteroatoms. The number of hydrogen-bond acceptors (Lipinski definition) is 5. The van der Waals surface area contributed by atoms with Crippen LogP contribution >= 0.6 is 0 Å². The van der Waals surface area contributed by atoms with E-state index in [9.17, 15) is 27.6 Å². The number of nitriles is 1. The first-order valence-corrected chi connectivity index (χ1v) is 13.8. The summed E-state index contributed by atoms with van der Waals surface area (Å²) in [6, 6.07) is 4.37. The monoisotopic (exact) mass is 544 g/mol. The Hall–Kier alpha value is -3.19. The fourth-order valence-corrected chi connectivity index (χ4v) is 5.84. The van der Waals surface area contributed by atoms with Crippen LogP contribution in [0.2, 0.25) is 0 Å². The number of benzene rings is 1. The highest BCUT2D eigenvalue weighted by molar-refractivity contribution is 6.32. The molecule has 4 rings (SSSR count). The molecule has 2 aliphatic heterocycles. The zero-order chi connectivity index (χ0) is 28.2. The van der Waals surface area contributed by atoms with E-state index in [0.29, 0.717) is 36.8 Å². The Morgan fingerprint density at radius 1 is 1.03 bits per heavy atom. The van der Waals surface area contributed by atoms with E-state index in [2.05, 4.69) is 4.90 Å². The van der Waals surface area contributed by atoms with Gasteiger partial charge in [0.2, 0.25) is 5.91 Å². The van der Waals surface area contributed by atoms with Crippen molar-refractivity contribution in [2.24, 2.45) is 5.92 Å². The molecule has 0 N–H and O–H groups in total. The second-order valence-electron chi connectivity index (χ2n) is 10.8. The minimum Gasteiger partial charge on any atom is -0.340 e. The molecule has 210 valence electrons. The van der Waals surface area contributed by atoms with Crippen LogP contribution in [-0.4, -0.2) is 60.2 Å². The standard InChI is InChI=1S/C29H35F3N4O3/c1-20-24(28(39)36(27(20)38)23-11-10-22(19-33)25(18-23)29(30,31)32)9-3-2-6-12-34-13-15-35(16-14-34)26(37)17-21-7-4-5-8-21/h10-11,18,21H,2-9,12-17H2,1H3. The van der Waals surface area contributed by atoms with Crippen molar-refractivity contribution < 1.29 is 27.6 Å². The van der Waals surface area contributed by atoms with Gasteiger partial charge in [0.05, 0.1) is 22.9 Å². The van der Waals surface area contributed by atoms with Crippen LogP contribution in [0.3, 0.4) is 0 Å². The number of nitrogens with zero attached hydrogens (tertiary/aromatic N) is 4. The summed E-state index contributed by atoms with van der Waals surface area (Å²) in [6.45, 7) is 5.65. The molecule has 3 amide bonds. The summed E-state index contributed by atoms with van der Waals surface area (Å²) in [7, 11) is 0. The van der Waals surface area contributed by atoms with Crippen LogP contribution < -0.4 is 4.90 Å². The summed E-state index contributed by atoms with van der Waals surface area (Å²) >= 11 is 0. The second-order valence-corrected chi connectivity index (χ2v) is 10.8. The number of halogens is 3. The number of amides is 3. The lowest BCUT2D eigenvalue weighted by molar-refractivity contribution is -0.138. The van der Waals surface area contributed by atoms with Crippen LogP contribution in [0.15, 0.2) is 29.3 Å². The number of anilines is 1. The molecule has 0 radical (unpaired) electrons. The van der Waals surface area contributed by atoms with Gasteiger partial charge in [-0.05, 0) is 69.7 Å². The lowest BCUT2D eigenvalue weighted by atomic mass is 10.0. The Labute approximate surface area is 227 Å². The first-order chi connectivity index (χ1) is 18.6. The average Bonchev–Trinajstić information content (AvgIpc) is 3.49. The SMILES string of the molecule is CC1=C(CCCCCN2CCN(C(=O)CC3CCCC3)CC2)C(=O)N(c2ccc(C#N)c(C(F)(F)F)c2)C1=O. The van der Waals surface area contributed by atoms with E-state index in [-0.39, 0.29) is 17.2 Å². The van der Waals surface area contributed by atoms with Crippen LogP contribution in [0, 0.1) is 17.2 Å². The van der Waals surface area contributed by atoms with Crippen molar-refractivity contribution in [2.75, 3.05) is 37.6 Å². The maximum absolute atomic E-state index is 13.4. The van der Waals surface area contributed by atoms with Gasteiger partial charge in [-0.25, -0.2) is 4.90 Å². The summed E-state index contributed by atoms with van der Waals surface area (Å²) in [5.74, 6) is -0.391. The number of carbonyl (C=O) groups excluding carboxylic acids is 3. The molecule has 1 aromatic carbocycles. The zero-order valence-corrected chi connectivity index (χ0v) is 22.4. The van der Waals surface area contributed by atoms with E-state index >= 15 is 0 Å². The average molecular weight is 545 g/mol. The number of unbranched alkanes of at least 4 members (excludes halogenated alkanes) is 2. The van der Waals surface area contributed by atoms with Gasteiger partial charge in [0.15, 0.2) is 0 Å². The van der Waals surface area contributed by atoms with Gasteiger partial charge in [0, 0.05) is 43.7 Å². The van der Waals surface area contributed by atoms with Crippen LogP contribution in [0.4, 0.5) is 18.9 Å². The quantitative estimate of drug-likeness (QED) is 0.321. The van der Waals surface area contributed by atoms with Crippen molar-refractivity contribution in [3.8, 4) is 6.07 Å². The van der Waals surface area contributed by atoms with Crippen molar-refractivity contribution in [1.82, 2.24) is 9.80 Å². The second kappa shape index (κ2) is 12.3. The molecule has 0 aromatic heterocycles. The van der Waals surface area contributed by atoms with Crippen molar-refractivity contribution in [3.63, 3.8) is 0 Å². The van der Waals surface area contributed by atoms with E-state index in [0.717, 1.165) is 56.5 Å². The van der Waals surface area contributed by atoms with E-state index in [1.165, 1.54) is 44.7 Å². The van der Waals surface area contributed by atoms with Crippen molar-refractivity contribution in [2.45, 2.75) is 70.9 Å². The molecule has 0 bridgehead atoms. The zero-order valence-electron chi connectivity index (χ0n) is 22.4. The number of hydrogen-bond donors (Lipinski definition) is 0. The molecule has 0 atom stereocenters. The van der Waals surface area contributed by atoms with Gasteiger partial charge in [-0.15, -0.1) is 0 Å². The number of rotatable bonds is 9. The molecule has 2 fully saturated rings. The van der Waals surface area contributed by atoms with E-state index < -0.39 is 29.1 Å². The highest BCUT2D eigenvalue weighted by atomic mass is 19.4. The predicted octanol–water partition coefficient (Wildman–Crippen LogP) is 5.05. The van der Waals surface area contributed by atoms with Crippen LogP contribution in [0.5, 0.6) is 0 Å². The molecule has 1 saturated carbocycles. The van der Waals surface area contributed by atoms with Gasteiger partial charge >= 0.3 is 6.18 Å². The summed E-state index contributed by atoms with van der Waals surface area (Å²) in [4.78, 5) is 43.4. The van der Waals surface area contributed by atoms with Gasteiger partial charge in [0.25, 0.3) is 11.8 Å². The van der Waals surface area contributed by atoms with Gasteiger partial charge in [0.1, 0.15) is 0 Å². The number of piperazine rings is 1. The van der Waals surface area contributed by atoms with E-state index in [4.69, 9.17) is 5.26 Å². The first-order valence-electron chi connectivity index (χ1n) is 13.8. The minimum atomic E-state index is -4.78. The topological polar surface area (TPSA) is 84.7 Å². The van der Waals surface area contributed by atoms with Crippen LogP contribution in [-0.2, 0) is 20.6 Å². The third-order valence-electron chi connectivity index (χ3n) is 8.19. The molecular weight excluding hydrogens is 509 g/mol.